The molecular weight excluding hydrogens is 326 g/mol. The summed E-state index contributed by atoms with van der Waals surface area (Å²) in [7, 11) is 4.50. The SMILES string of the molecule is CN(C)C1(c2ccccc2)CCCc2ccc3c4c(ccc3c21)C=CCC4. The van der Waals surface area contributed by atoms with Gasteiger partial charge in [0.1, 0.15) is 0 Å². The minimum absolute atomic E-state index is 0.0485. The first kappa shape index (κ1) is 16.8. The molecule has 0 spiro atoms. The molecule has 1 nitrogen and oxygen atoms in total. The monoisotopic (exact) mass is 353 g/mol. The van der Waals surface area contributed by atoms with Crippen molar-refractivity contribution < 1.29 is 0 Å². The highest BCUT2D eigenvalue weighted by molar-refractivity contribution is 5.94. The van der Waals surface area contributed by atoms with Gasteiger partial charge in [-0.15, -0.1) is 0 Å². The van der Waals surface area contributed by atoms with Crippen LogP contribution in [0.3, 0.4) is 0 Å². The molecule has 0 N–H and O–H groups in total. The van der Waals surface area contributed by atoms with Gasteiger partial charge in [-0.05, 0) is 84.8 Å². The van der Waals surface area contributed by atoms with Crippen LogP contribution in [0.5, 0.6) is 0 Å². The summed E-state index contributed by atoms with van der Waals surface area (Å²) in [5, 5.41) is 2.92. The molecule has 3 aromatic rings. The molecule has 0 saturated carbocycles. The van der Waals surface area contributed by atoms with Crippen LogP contribution in [0.4, 0.5) is 0 Å². The van der Waals surface area contributed by atoms with Gasteiger partial charge in [-0.25, -0.2) is 0 Å². The zero-order valence-electron chi connectivity index (χ0n) is 16.3. The molecule has 27 heavy (non-hydrogen) atoms. The molecule has 0 aliphatic heterocycles. The van der Waals surface area contributed by atoms with Gasteiger partial charge in [-0.2, -0.15) is 0 Å². The summed E-state index contributed by atoms with van der Waals surface area (Å²) in [6.07, 6.45) is 10.5. The maximum absolute atomic E-state index is 2.46. The van der Waals surface area contributed by atoms with Crippen molar-refractivity contribution in [3.05, 3.63) is 88.5 Å². The van der Waals surface area contributed by atoms with Crippen LogP contribution in [-0.2, 0) is 18.4 Å². The van der Waals surface area contributed by atoms with Crippen molar-refractivity contribution in [2.75, 3.05) is 14.1 Å². The third-order valence-corrected chi connectivity index (χ3v) is 6.71. The topological polar surface area (TPSA) is 3.24 Å². The summed E-state index contributed by atoms with van der Waals surface area (Å²) in [6.45, 7) is 0. The van der Waals surface area contributed by atoms with Crippen molar-refractivity contribution in [2.24, 2.45) is 0 Å². The van der Waals surface area contributed by atoms with Crippen LogP contribution in [0.25, 0.3) is 16.8 Å². The molecule has 3 aromatic carbocycles. The number of hydrogen-bond donors (Lipinski definition) is 0. The smallest absolute Gasteiger partial charge is 0.0719 e. The molecule has 136 valence electrons. The Balaban J connectivity index is 1.87. The largest absolute Gasteiger partial charge is 0.296 e. The van der Waals surface area contributed by atoms with Crippen molar-refractivity contribution in [3.63, 3.8) is 0 Å². The van der Waals surface area contributed by atoms with Gasteiger partial charge in [-0.1, -0.05) is 66.7 Å². The molecule has 1 unspecified atom stereocenters. The zero-order valence-corrected chi connectivity index (χ0v) is 16.3. The van der Waals surface area contributed by atoms with E-state index in [-0.39, 0.29) is 5.54 Å². The summed E-state index contributed by atoms with van der Waals surface area (Å²) in [6, 6.07) is 20.7. The average Bonchev–Trinajstić information content (AvgIpc) is 2.73. The lowest BCUT2D eigenvalue weighted by molar-refractivity contribution is 0.174. The van der Waals surface area contributed by atoms with Gasteiger partial charge < -0.3 is 0 Å². The van der Waals surface area contributed by atoms with Crippen molar-refractivity contribution in [3.8, 4) is 0 Å². The summed E-state index contributed by atoms with van der Waals surface area (Å²) in [5.74, 6) is 0. The zero-order chi connectivity index (χ0) is 18.4. The number of rotatable bonds is 2. The normalized spacial score (nSPS) is 21.3. The van der Waals surface area contributed by atoms with E-state index >= 15 is 0 Å². The van der Waals surface area contributed by atoms with Gasteiger partial charge in [0.05, 0.1) is 5.54 Å². The van der Waals surface area contributed by atoms with Crippen LogP contribution in [0, 0.1) is 0 Å². The maximum atomic E-state index is 2.46. The Hall–Kier alpha value is -2.38. The molecule has 5 rings (SSSR count). The van der Waals surface area contributed by atoms with E-state index in [4.69, 9.17) is 0 Å². The van der Waals surface area contributed by atoms with Crippen molar-refractivity contribution in [1.29, 1.82) is 0 Å². The molecule has 0 radical (unpaired) electrons. The third kappa shape index (κ3) is 2.41. The Morgan fingerprint density at radius 1 is 0.852 bits per heavy atom. The van der Waals surface area contributed by atoms with Crippen molar-refractivity contribution >= 4 is 16.8 Å². The van der Waals surface area contributed by atoms with E-state index in [1.54, 1.807) is 5.56 Å². The average molecular weight is 354 g/mol. The van der Waals surface area contributed by atoms with Gasteiger partial charge in [-0.3, -0.25) is 4.90 Å². The highest BCUT2D eigenvalue weighted by Gasteiger charge is 2.41. The quantitative estimate of drug-likeness (QED) is 0.551. The van der Waals surface area contributed by atoms with Crippen LogP contribution in [0.15, 0.2) is 60.7 Å². The number of allylic oxidation sites excluding steroid dienone is 1. The number of hydrogen-bond acceptors (Lipinski definition) is 1. The second-order valence-corrected chi connectivity index (χ2v) is 8.24. The molecule has 1 heteroatoms. The van der Waals surface area contributed by atoms with E-state index in [1.165, 1.54) is 52.3 Å². The Morgan fingerprint density at radius 2 is 1.67 bits per heavy atom. The van der Waals surface area contributed by atoms with Crippen molar-refractivity contribution in [1.82, 2.24) is 4.90 Å². The number of fused-ring (bicyclic) bond motifs is 5. The molecule has 2 aliphatic carbocycles. The van der Waals surface area contributed by atoms with E-state index in [0.29, 0.717) is 0 Å². The predicted molar refractivity (Wildman–Crippen MR) is 115 cm³/mol. The first-order valence-electron chi connectivity index (χ1n) is 10.2. The lowest BCUT2D eigenvalue weighted by Gasteiger charge is -2.46. The first-order chi connectivity index (χ1) is 13.2. The minimum atomic E-state index is -0.0485. The molecule has 0 fully saturated rings. The molecule has 2 aliphatic rings. The van der Waals surface area contributed by atoms with E-state index in [9.17, 15) is 0 Å². The second kappa shape index (κ2) is 6.35. The Bertz CT molecular complexity index is 1030. The van der Waals surface area contributed by atoms with Gasteiger partial charge in [0.2, 0.25) is 0 Å². The second-order valence-electron chi connectivity index (χ2n) is 8.24. The van der Waals surface area contributed by atoms with Gasteiger partial charge >= 0.3 is 0 Å². The van der Waals surface area contributed by atoms with Crippen LogP contribution in [-0.4, -0.2) is 19.0 Å². The Kier molecular flexibility index (Phi) is 3.94. The fourth-order valence-electron chi connectivity index (χ4n) is 5.47. The van der Waals surface area contributed by atoms with E-state index in [2.05, 4.69) is 85.7 Å². The standard InChI is InChI=1S/C26H27N/c1-27(2)26(21-11-4-3-5-12-21)18-8-10-20-15-16-23-22-13-7-6-9-19(22)14-17-24(23)25(20)26/h3-6,9,11-12,14-17H,7-8,10,13,18H2,1-2H3. The lowest BCUT2D eigenvalue weighted by atomic mass is 9.69. The van der Waals surface area contributed by atoms with E-state index < -0.39 is 0 Å². The highest BCUT2D eigenvalue weighted by atomic mass is 15.1. The number of benzene rings is 3. The number of aryl methyl sites for hydroxylation is 2. The number of nitrogens with zero attached hydrogens (tertiary/aromatic N) is 1. The summed E-state index contributed by atoms with van der Waals surface area (Å²) in [5.41, 5.74) is 7.37. The van der Waals surface area contributed by atoms with Crippen LogP contribution in [0.2, 0.25) is 0 Å². The molecular formula is C26H27N. The van der Waals surface area contributed by atoms with Crippen molar-refractivity contribution in [2.45, 2.75) is 37.6 Å². The predicted octanol–water partition coefficient (Wildman–Crippen LogP) is 5.94. The molecule has 0 saturated heterocycles. The Labute approximate surface area is 162 Å². The first-order valence-corrected chi connectivity index (χ1v) is 10.2. The summed E-state index contributed by atoms with van der Waals surface area (Å²) >= 11 is 0. The van der Waals surface area contributed by atoms with E-state index in [1.807, 2.05) is 0 Å². The molecule has 0 aromatic heterocycles. The molecule has 0 bridgehead atoms. The molecule has 0 heterocycles. The van der Waals surface area contributed by atoms with Crippen LogP contribution < -0.4 is 0 Å². The fourth-order valence-corrected chi connectivity index (χ4v) is 5.47. The van der Waals surface area contributed by atoms with Gasteiger partial charge in [0.25, 0.3) is 0 Å². The van der Waals surface area contributed by atoms with Crippen LogP contribution in [0.1, 0.15) is 47.1 Å². The lowest BCUT2D eigenvalue weighted by Crippen LogP contribution is -2.45. The summed E-state index contributed by atoms with van der Waals surface area (Å²) < 4.78 is 0. The Morgan fingerprint density at radius 3 is 2.48 bits per heavy atom. The molecule has 1 atom stereocenters. The van der Waals surface area contributed by atoms with Gasteiger partial charge in [0, 0.05) is 0 Å². The highest BCUT2D eigenvalue weighted by Crippen LogP contribution is 2.48. The van der Waals surface area contributed by atoms with Gasteiger partial charge in [0.15, 0.2) is 0 Å². The fraction of sp³-hybridized carbons (Fsp3) is 0.308. The third-order valence-electron chi connectivity index (χ3n) is 6.71. The van der Waals surface area contributed by atoms with E-state index in [0.717, 1.165) is 12.8 Å². The maximum Gasteiger partial charge on any atom is 0.0719 e. The summed E-state index contributed by atoms with van der Waals surface area (Å²) in [4.78, 5) is 2.46. The minimum Gasteiger partial charge on any atom is -0.296 e. The molecule has 0 amide bonds. The van der Waals surface area contributed by atoms with Crippen LogP contribution >= 0.6 is 0 Å².